The van der Waals surface area contributed by atoms with Gasteiger partial charge in [0.15, 0.2) is 0 Å². The maximum absolute atomic E-state index is 12.5. The highest BCUT2D eigenvalue weighted by atomic mass is 16.2. The Morgan fingerprint density at radius 3 is 2.61 bits per heavy atom. The van der Waals surface area contributed by atoms with Crippen LogP contribution in [0.5, 0.6) is 0 Å². The number of nitrogens with zero attached hydrogens (tertiary/aromatic N) is 3. The van der Waals surface area contributed by atoms with Crippen molar-refractivity contribution in [3.05, 3.63) is 84.2 Å². The van der Waals surface area contributed by atoms with E-state index in [1.54, 1.807) is 21.8 Å². The van der Waals surface area contributed by atoms with Crippen molar-refractivity contribution in [3.8, 4) is 5.69 Å². The van der Waals surface area contributed by atoms with Gasteiger partial charge >= 0.3 is 0 Å². The van der Waals surface area contributed by atoms with Crippen LogP contribution in [-0.2, 0) is 4.79 Å². The smallest absolute Gasteiger partial charge is 0.258 e. The average Bonchev–Trinajstić information content (AvgIpc) is 3.23. The van der Waals surface area contributed by atoms with Crippen molar-refractivity contribution in [3.63, 3.8) is 0 Å². The molecule has 2 amide bonds. The highest BCUT2D eigenvalue weighted by Crippen LogP contribution is 2.31. The van der Waals surface area contributed by atoms with Gasteiger partial charge in [0.25, 0.3) is 5.91 Å². The van der Waals surface area contributed by atoms with E-state index < -0.39 is 0 Å². The molecule has 0 unspecified atom stereocenters. The molecule has 28 heavy (non-hydrogen) atoms. The second kappa shape index (κ2) is 7.15. The molecule has 0 saturated heterocycles. The van der Waals surface area contributed by atoms with Crippen LogP contribution in [0.15, 0.2) is 67.4 Å². The third-order valence-electron chi connectivity index (χ3n) is 4.81. The maximum Gasteiger partial charge on any atom is 0.258 e. The molecule has 0 radical (unpaired) electrons. The highest BCUT2D eigenvalue weighted by Gasteiger charge is 2.30. The van der Waals surface area contributed by atoms with E-state index in [-0.39, 0.29) is 24.8 Å². The Kier molecular flexibility index (Phi) is 4.53. The first-order valence-corrected chi connectivity index (χ1v) is 9.05. The van der Waals surface area contributed by atoms with E-state index >= 15 is 0 Å². The molecule has 1 N–H and O–H groups in total. The standard InChI is InChI=1S/C22H20N4O2/c1-15-10-12-23-26(15)18-7-5-6-17(14-18)24-21(27)11-13-25-16(2)19-8-3-4-9-20(19)22(25)28/h3-10,12,14H,2,11,13H2,1H3,(H,24,27). The van der Waals surface area contributed by atoms with Gasteiger partial charge in [-0.15, -0.1) is 0 Å². The molecular weight excluding hydrogens is 352 g/mol. The quantitative estimate of drug-likeness (QED) is 0.744. The number of aryl methyl sites for hydroxylation is 1. The number of hydrogen-bond acceptors (Lipinski definition) is 3. The summed E-state index contributed by atoms with van der Waals surface area (Å²) in [7, 11) is 0. The zero-order chi connectivity index (χ0) is 19.7. The number of aromatic nitrogens is 2. The van der Waals surface area contributed by atoms with E-state index in [1.165, 1.54) is 0 Å². The fourth-order valence-corrected chi connectivity index (χ4v) is 3.36. The fourth-order valence-electron chi connectivity index (χ4n) is 3.36. The topological polar surface area (TPSA) is 67.2 Å². The van der Waals surface area contributed by atoms with Gasteiger partial charge < -0.3 is 10.2 Å². The van der Waals surface area contributed by atoms with Gasteiger partial charge in [-0.2, -0.15) is 5.10 Å². The Morgan fingerprint density at radius 1 is 1.11 bits per heavy atom. The third kappa shape index (κ3) is 3.20. The fraction of sp³-hybridized carbons (Fsp3) is 0.136. The molecule has 0 aliphatic carbocycles. The van der Waals surface area contributed by atoms with Gasteiger partial charge in [0.1, 0.15) is 0 Å². The molecule has 4 rings (SSSR count). The number of anilines is 1. The van der Waals surface area contributed by atoms with Crippen LogP contribution in [0.3, 0.4) is 0 Å². The molecule has 3 aromatic rings. The summed E-state index contributed by atoms with van der Waals surface area (Å²) in [5, 5.41) is 7.17. The van der Waals surface area contributed by atoms with E-state index in [2.05, 4.69) is 17.0 Å². The summed E-state index contributed by atoms with van der Waals surface area (Å²) in [6.07, 6.45) is 1.92. The summed E-state index contributed by atoms with van der Waals surface area (Å²) < 4.78 is 1.81. The number of benzene rings is 2. The number of fused-ring (bicyclic) bond motifs is 1. The molecule has 0 fully saturated rings. The van der Waals surface area contributed by atoms with Crippen LogP contribution in [0.2, 0.25) is 0 Å². The minimum absolute atomic E-state index is 0.107. The van der Waals surface area contributed by atoms with Gasteiger partial charge in [-0.1, -0.05) is 30.8 Å². The molecule has 0 spiro atoms. The van der Waals surface area contributed by atoms with Crippen molar-refractivity contribution in [2.75, 3.05) is 11.9 Å². The van der Waals surface area contributed by atoms with Crippen LogP contribution < -0.4 is 5.32 Å². The minimum Gasteiger partial charge on any atom is -0.326 e. The van der Waals surface area contributed by atoms with Gasteiger partial charge in [-0.05, 0) is 37.3 Å². The molecule has 2 heterocycles. The van der Waals surface area contributed by atoms with Crippen LogP contribution in [0.4, 0.5) is 5.69 Å². The van der Waals surface area contributed by atoms with Crippen molar-refractivity contribution in [1.29, 1.82) is 0 Å². The second-order valence-corrected chi connectivity index (χ2v) is 6.68. The third-order valence-corrected chi connectivity index (χ3v) is 4.81. The molecule has 2 aromatic carbocycles. The van der Waals surface area contributed by atoms with Crippen LogP contribution in [0.25, 0.3) is 11.4 Å². The lowest BCUT2D eigenvalue weighted by Gasteiger charge is -2.17. The first-order chi connectivity index (χ1) is 13.5. The lowest BCUT2D eigenvalue weighted by Crippen LogP contribution is -2.27. The molecule has 6 nitrogen and oxygen atoms in total. The monoisotopic (exact) mass is 372 g/mol. The molecule has 1 aliphatic heterocycles. The number of carbonyl (C=O) groups is 2. The lowest BCUT2D eigenvalue weighted by atomic mass is 10.1. The molecule has 140 valence electrons. The lowest BCUT2D eigenvalue weighted by molar-refractivity contribution is -0.116. The van der Waals surface area contributed by atoms with Crippen LogP contribution >= 0.6 is 0 Å². The normalized spacial score (nSPS) is 13.0. The summed E-state index contributed by atoms with van der Waals surface area (Å²) in [4.78, 5) is 26.5. The van der Waals surface area contributed by atoms with Gasteiger partial charge in [0.05, 0.1) is 5.69 Å². The Bertz CT molecular complexity index is 1050. The number of carbonyl (C=O) groups excluding carboxylic acids is 2. The zero-order valence-corrected chi connectivity index (χ0v) is 15.6. The first kappa shape index (κ1) is 17.7. The Morgan fingerprint density at radius 2 is 1.89 bits per heavy atom. The number of nitrogens with one attached hydrogen (secondary N) is 1. The van der Waals surface area contributed by atoms with Gasteiger partial charge in [-0.3, -0.25) is 9.59 Å². The summed E-state index contributed by atoms with van der Waals surface area (Å²) in [5.41, 5.74) is 4.68. The van der Waals surface area contributed by atoms with Gasteiger partial charge in [0.2, 0.25) is 5.91 Å². The summed E-state index contributed by atoms with van der Waals surface area (Å²) in [5.74, 6) is -0.268. The predicted molar refractivity (Wildman–Crippen MR) is 108 cm³/mol. The first-order valence-electron chi connectivity index (χ1n) is 9.05. The number of hydrogen-bond donors (Lipinski definition) is 1. The average molecular weight is 372 g/mol. The Balaban J connectivity index is 1.40. The molecule has 0 atom stereocenters. The van der Waals surface area contributed by atoms with E-state index in [1.807, 2.05) is 55.5 Å². The van der Waals surface area contributed by atoms with Crippen molar-refractivity contribution >= 4 is 23.2 Å². The second-order valence-electron chi connectivity index (χ2n) is 6.68. The van der Waals surface area contributed by atoms with E-state index in [0.29, 0.717) is 16.9 Å². The van der Waals surface area contributed by atoms with Crippen molar-refractivity contribution < 1.29 is 9.59 Å². The molecule has 1 aliphatic rings. The van der Waals surface area contributed by atoms with E-state index in [0.717, 1.165) is 16.9 Å². The molecule has 0 bridgehead atoms. The summed E-state index contributed by atoms with van der Waals surface area (Å²) in [6, 6.07) is 16.8. The number of amides is 2. The maximum atomic E-state index is 12.5. The summed E-state index contributed by atoms with van der Waals surface area (Å²) in [6.45, 7) is 6.26. The van der Waals surface area contributed by atoms with Gasteiger partial charge in [0, 0.05) is 47.4 Å². The largest absolute Gasteiger partial charge is 0.326 e. The number of rotatable bonds is 5. The molecular formula is C22H20N4O2. The van der Waals surface area contributed by atoms with E-state index in [9.17, 15) is 9.59 Å². The Hall–Kier alpha value is -3.67. The van der Waals surface area contributed by atoms with Crippen molar-refractivity contribution in [2.45, 2.75) is 13.3 Å². The molecule has 1 aromatic heterocycles. The van der Waals surface area contributed by atoms with E-state index in [4.69, 9.17) is 0 Å². The van der Waals surface area contributed by atoms with Crippen molar-refractivity contribution in [1.82, 2.24) is 14.7 Å². The highest BCUT2D eigenvalue weighted by molar-refractivity contribution is 6.09. The van der Waals surface area contributed by atoms with Crippen LogP contribution in [0.1, 0.15) is 28.0 Å². The SMILES string of the molecule is C=C1c2ccccc2C(=O)N1CCC(=O)Nc1cccc(-n2nccc2C)c1. The van der Waals surface area contributed by atoms with Crippen molar-refractivity contribution in [2.24, 2.45) is 0 Å². The van der Waals surface area contributed by atoms with Crippen LogP contribution in [-0.4, -0.2) is 33.0 Å². The minimum atomic E-state index is -0.161. The molecule has 0 saturated carbocycles. The summed E-state index contributed by atoms with van der Waals surface area (Å²) >= 11 is 0. The predicted octanol–water partition coefficient (Wildman–Crippen LogP) is 3.64. The zero-order valence-electron chi connectivity index (χ0n) is 15.6. The molecule has 6 heteroatoms. The Labute approximate surface area is 163 Å². The van der Waals surface area contributed by atoms with Gasteiger partial charge in [-0.25, -0.2) is 4.68 Å². The van der Waals surface area contributed by atoms with Crippen LogP contribution in [0, 0.1) is 6.92 Å².